The van der Waals surface area contributed by atoms with Crippen molar-refractivity contribution in [2.75, 3.05) is 5.32 Å². The third kappa shape index (κ3) is 5.22. The third-order valence-electron chi connectivity index (χ3n) is 5.34. The van der Waals surface area contributed by atoms with E-state index in [0.717, 1.165) is 5.56 Å². The molecule has 0 fully saturated rings. The second kappa shape index (κ2) is 10.1. The SMILES string of the molecule is O=C(O)c1ccc(NC(=O)C(Cc2ccccc2)n2ccc(-c3cnccc3Cl)cc2=O)cc1. The molecule has 0 spiro atoms. The zero-order valence-electron chi connectivity index (χ0n) is 17.9. The number of anilines is 1. The minimum Gasteiger partial charge on any atom is -0.478 e. The summed E-state index contributed by atoms with van der Waals surface area (Å²) in [6, 6.07) is 19.2. The normalized spacial score (nSPS) is 11.6. The summed E-state index contributed by atoms with van der Waals surface area (Å²) in [5.74, 6) is -1.46. The molecule has 0 aliphatic carbocycles. The molecule has 2 aromatic carbocycles. The summed E-state index contributed by atoms with van der Waals surface area (Å²) < 4.78 is 1.38. The Morgan fingerprint density at radius 2 is 1.76 bits per heavy atom. The minimum atomic E-state index is -1.06. The Morgan fingerprint density at radius 1 is 1.03 bits per heavy atom. The first kappa shape index (κ1) is 22.9. The van der Waals surface area contributed by atoms with Gasteiger partial charge in [0.05, 0.1) is 10.6 Å². The first-order valence-corrected chi connectivity index (χ1v) is 10.8. The Bertz CT molecular complexity index is 1390. The van der Waals surface area contributed by atoms with Crippen molar-refractivity contribution in [1.29, 1.82) is 0 Å². The lowest BCUT2D eigenvalue weighted by Gasteiger charge is -2.20. The van der Waals surface area contributed by atoms with Gasteiger partial charge < -0.3 is 15.0 Å². The average molecular weight is 474 g/mol. The lowest BCUT2D eigenvalue weighted by molar-refractivity contribution is -0.119. The second-order valence-corrected chi connectivity index (χ2v) is 8.00. The van der Waals surface area contributed by atoms with Gasteiger partial charge in [-0.05, 0) is 47.5 Å². The van der Waals surface area contributed by atoms with Gasteiger partial charge in [-0.3, -0.25) is 14.6 Å². The zero-order valence-corrected chi connectivity index (χ0v) is 18.6. The molecule has 34 heavy (non-hydrogen) atoms. The van der Waals surface area contributed by atoms with Gasteiger partial charge in [0.1, 0.15) is 6.04 Å². The highest BCUT2D eigenvalue weighted by molar-refractivity contribution is 6.33. The van der Waals surface area contributed by atoms with Crippen molar-refractivity contribution in [3.8, 4) is 11.1 Å². The van der Waals surface area contributed by atoms with E-state index < -0.39 is 17.9 Å². The largest absolute Gasteiger partial charge is 0.478 e. The summed E-state index contributed by atoms with van der Waals surface area (Å²) in [5.41, 5.74) is 2.28. The fourth-order valence-corrected chi connectivity index (χ4v) is 3.80. The van der Waals surface area contributed by atoms with Gasteiger partial charge in [0.15, 0.2) is 0 Å². The number of pyridine rings is 2. The van der Waals surface area contributed by atoms with Gasteiger partial charge >= 0.3 is 5.97 Å². The van der Waals surface area contributed by atoms with Crippen molar-refractivity contribution in [3.05, 3.63) is 118 Å². The predicted molar refractivity (Wildman–Crippen MR) is 130 cm³/mol. The number of rotatable bonds is 7. The first-order valence-electron chi connectivity index (χ1n) is 10.4. The fraction of sp³-hybridized carbons (Fsp3) is 0.0769. The second-order valence-electron chi connectivity index (χ2n) is 7.59. The summed E-state index contributed by atoms with van der Waals surface area (Å²) in [5, 5.41) is 12.3. The van der Waals surface area contributed by atoms with E-state index in [1.54, 1.807) is 30.7 Å². The molecule has 4 rings (SSSR count). The number of nitrogens with zero attached hydrogens (tertiary/aromatic N) is 2. The quantitative estimate of drug-likeness (QED) is 0.405. The number of hydrogen-bond donors (Lipinski definition) is 2. The van der Waals surface area contributed by atoms with Crippen LogP contribution in [0.5, 0.6) is 0 Å². The van der Waals surface area contributed by atoms with E-state index >= 15 is 0 Å². The Kier molecular flexibility index (Phi) is 6.85. The van der Waals surface area contributed by atoms with E-state index in [1.807, 2.05) is 30.3 Å². The number of carboxylic acids is 1. The van der Waals surface area contributed by atoms with Crippen LogP contribution in [0.3, 0.4) is 0 Å². The maximum atomic E-state index is 13.3. The molecule has 0 radical (unpaired) electrons. The monoisotopic (exact) mass is 473 g/mol. The van der Waals surface area contributed by atoms with Gasteiger partial charge in [-0.15, -0.1) is 0 Å². The standard InChI is InChI=1S/C26H20ClN3O4/c27-22-10-12-28-16-21(22)19-11-13-30(24(31)15-19)23(14-17-4-2-1-3-5-17)25(32)29-20-8-6-18(7-9-20)26(33)34/h1-13,15-16,23H,14H2,(H,29,32)(H,33,34). The molecule has 4 aromatic rings. The summed E-state index contributed by atoms with van der Waals surface area (Å²) in [4.78, 5) is 41.5. The Balaban J connectivity index is 1.67. The molecule has 1 atom stereocenters. The van der Waals surface area contributed by atoms with Crippen LogP contribution in [0, 0.1) is 0 Å². The van der Waals surface area contributed by atoms with E-state index in [1.165, 1.54) is 34.9 Å². The molecular formula is C26H20ClN3O4. The Morgan fingerprint density at radius 3 is 2.41 bits per heavy atom. The lowest BCUT2D eigenvalue weighted by atomic mass is 10.0. The highest BCUT2D eigenvalue weighted by Gasteiger charge is 2.23. The van der Waals surface area contributed by atoms with Gasteiger partial charge in [0.25, 0.3) is 5.56 Å². The third-order valence-corrected chi connectivity index (χ3v) is 5.67. The maximum absolute atomic E-state index is 13.3. The summed E-state index contributed by atoms with van der Waals surface area (Å²) in [6.07, 6.45) is 5.00. The molecule has 170 valence electrons. The van der Waals surface area contributed by atoms with Crippen LogP contribution in [0.2, 0.25) is 5.02 Å². The van der Waals surface area contributed by atoms with E-state index in [0.29, 0.717) is 21.8 Å². The highest BCUT2D eigenvalue weighted by Crippen LogP contribution is 2.26. The average Bonchev–Trinajstić information content (AvgIpc) is 2.84. The van der Waals surface area contributed by atoms with E-state index in [2.05, 4.69) is 10.3 Å². The number of benzene rings is 2. The molecule has 0 bridgehead atoms. The van der Waals surface area contributed by atoms with Gasteiger partial charge in [0, 0.05) is 42.3 Å². The number of hydrogen-bond acceptors (Lipinski definition) is 4. The van der Waals surface area contributed by atoms with Crippen LogP contribution < -0.4 is 10.9 Å². The van der Waals surface area contributed by atoms with Crippen molar-refractivity contribution in [1.82, 2.24) is 9.55 Å². The van der Waals surface area contributed by atoms with Crippen LogP contribution in [0.25, 0.3) is 11.1 Å². The molecule has 1 amide bonds. The molecule has 0 aliphatic rings. The Hall–Kier alpha value is -4.23. The number of nitrogens with one attached hydrogen (secondary N) is 1. The topological polar surface area (TPSA) is 101 Å². The number of amides is 1. The van der Waals surface area contributed by atoms with Crippen molar-refractivity contribution in [3.63, 3.8) is 0 Å². The van der Waals surface area contributed by atoms with Gasteiger partial charge in [-0.1, -0.05) is 41.9 Å². The summed E-state index contributed by atoms with van der Waals surface area (Å²) in [7, 11) is 0. The molecule has 0 saturated carbocycles. The Labute approximate surface area is 200 Å². The predicted octanol–water partition coefficient (Wildman–Crippen LogP) is 4.68. The van der Waals surface area contributed by atoms with Gasteiger partial charge in [0.2, 0.25) is 5.91 Å². The molecule has 0 aliphatic heterocycles. The summed E-state index contributed by atoms with van der Waals surface area (Å²) in [6.45, 7) is 0. The minimum absolute atomic E-state index is 0.111. The summed E-state index contributed by atoms with van der Waals surface area (Å²) >= 11 is 6.24. The van der Waals surface area contributed by atoms with E-state index in [4.69, 9.17) is 16.7 Å². The number of aromatic carboxylic acids is 1. The molecule has 2 aromatic heterocycles. The van der Waals surface area contributed by atoms with Crippen LogP contribution in [0.4, 0.5) is 5.69 Å². The van der Waals surface area contributed by atoms with Gasteiger partial charge in [-0.25, -0.2) is 4.79 Å². The van der Waals surface area contributed by atoms with Crippen LogP contribution in [0.1, 0.15) is 22.0 Å². The van der Waals surface area contributed by atoms with Crippen LogP contribution >= 0.6 is 11.6 Å². The maximum Gasteiger partial charge on any atom is 0.335 e. The number of carboxylic acid groups (broad SMARTS) is 1. The van der Waals surface area contributed by atoms with Gasteiger partial charge in [-0.2, -0.15) is 0 Å². The first-order chi connectivity index (χ1) is 16.4. The number of carbonyl (C=O) groups excluding carboxylic acids is 1. The molecular weight excluding hydrogens is 454 g/mol. The molecule has 0 saturated heterocycles. The van der Waals surface area contributed by atoms with Crippen molar-refractivity contribution >= 4 is 29.2 Å². The lowest BCUT2D eigenvalue weighted by Crippen LogP contribution is -2.34. The van der Waals surface area contributed by atoms with Crippen LogP contribution in [-0.4, -0.2) is 26.5 Å². The molecule has 2 N–H and O–H groups in total. The molecule has 2 heterocycles. The van der Waals surface area contributed by atoms with Crippen molar-refractivity contribution in [2.45, 2.75) is 12.5 Å². The number of carbonyl (C=O) groups is 2. The molecule has 1 unspecified atom stereocenters. The van der Waals surface area contributed by atoms with E-state index in [-0.39, 0.29) is 17.5 Å². The molecule has 7 nitrogen and oxygen atoms in total. The van der Waals surface area contributed by atoms with Crippen molar-refractivity contribution < 1.29 is 14.7 Å². The van der Waals surface area contributed by atoms with Crippen LogP contribution in [0.15, 0.2) is 96.2 Å². The zero-order chi connectivity index (χ0) is 24.1. The smallest absolute Gasteiger partial charge is 0.335 e. The fourth-order valence-electron chi connectivity index (χ4n) is 3.58. The molecule has 8 heteroatoms. The van der Waals surface area contributed by atoms with Crippen molar-refractivity contribution in [2.24, 2.45) is 0 Å². The number of halogens is 1. The van der Waals surface area contributed by atoms with Crippen LogP contribution in [-0.2, 0) is 11.2 Å². The van der Waals surface area contributed by atoms with E-state index in [9.17, 15) is 14.4 Å². The highest BCUT2D eigenvalue weighted by atomic mass is 35.5. The number of aromatic nitrogens is 2.